The van der Waals surface area contributed by atoms with Gasteiger partial charge in [-0.05, 0) is 66.5 Å². The normalized spacial score (nSPS) is 16.6. The second kappa shape index (κ2) is 10.2. The van der Waals surface area contributed by atoms with Crippen LogP contribution in [0.2, 0.25) is 0 Å². The fourth-order valence-corrected chi connectivity index (χ4v) is 5.06. The molecule has 0 spiro atoms. The van der Waals surface area contributed by atoms with E-state index in [0.717, 1.165) is 63.9 Å². The molecule has 3 aromatic rings. The maximum Gasteiger partial charge on any atom is 0.254 e. The average Bonchev–Trinajstić information content (AvgIpc) is 2.99. The third-order valence-electron chi connectivity index (χ3n) is 6.51. The number of hydrogen-bond acceptors (Lipinski definition) is 3. The third kappa shape index (κ3) is 5.54. The standard InChI is InChI=1S/C29H28BrN3O2/c1-18-4-2-5-20(14-18)15-26-29(33-27(35)16-19-8-10-22(30)11-9-19)32-25-7-3-6-21-17-23(34)12-13-24(21)28(25)31-26/h2,5,8-14,17-18,34H,3-4,6-7,15-16H2,1H3,(H,32,33,35)/p+1. The Morgan fingerprint density at radius 2 is 1.97 bits per heavy atom. The number of allylic oxidation sites excluding steroid dienone is 4. The van der Waals surface area contributed by atoms with E-state index in [2.05, 4.69) is 46.4 Å². The number of halogens is 1. The van der Waals surface area contributed by atoms with Gasteiger partial charge >= 0.3 is 0 Å². The Labute approximate surface area is 214 Å². The van der Waals surface area contributed by atoms with Crippen LogP contribution in [0.1, 0.15) is 42.3 Å². The van der Waals surface area contributed by atoms with Gasteiger partial charge in [0.1, 0.15) is 0 Å². The van der Waals surface area contributed by atoms with E-state index < -0.39 is 0 Å². The second-order valence-corrected chi connectivity index (χ2v) is 10.3. The summed E-state index contributed by atoms with van der Waals surface area (Å²) in [6.07, 6.45) is 11.2. The molecule has 1 amide bonds. The number of anilines is 1. The van der Waals surface area contributed by atoms with Gasteiger partial charge in [-0.25, -0.2) is 9.97 Å². The molecule has 1 atom stereocenters. The van der Waals surface area contributed by atoms with Gasteiger partial charge < -0.3 is 10.4 Å². The van der Waals surface area contributed by atoms with E-state index in [1.165, 1.54) is 5.57 Å². The highest BCUT2D eigenvalue weighted by molar-refractivity contribution is 9.10. The van der Waals surface area contributed by atoms with Crippen molar-refractivity contribution in [3.05, 3.63) is 93.3 Å². The predicted octanol–water partition coefficient (Wildman–Crippen LogP) is 6.08. The van der Waals surface area contributed by atoms with Crippen molar-refractivity contribution >= 4 is 27.7 Å². The van der Waals surface area contributed by atoms with E-state index in [-0.39, 0.29) is 12.3 Å². The van der Waals surface area contributed by atoms with E-state index >= 15 is 0 Å². The molecule has 1 unspecified atom stereocenters. The first-order valence-corrected chi connectivity index (χ1v) is 12.9. The van der Waals surface area contributed by atoms with Crippen LogP contribution in [-0.2, 0) is 30.5 Å². The molecule has 6 heteroatoms. The maximum absolute atomic E-state index is 13.0. The topological polar surface area (TPSA) is 77.8 Å². The van der Waals surface area contributed by atoms with E-state index in [1.54, 1.807) is 0 Å². The average molecular weight is 531 g/mol. The number of aryl methyl sites for hydroxylation is 2. The van der Waals surface area contributed by atoms with Gasteiger partial charge in [-0.1, -0.05) is 53.2 Å². The minimum absolute atomic E-state index is 0.0998. The molecule has 2 aliphatic carbocycles. The van der Waals surface area contributed by atoms with Crippen LogP contribution in [0.5, 0.6) is 5.75 Å². The molecule has 5 rings (SSSR count). The molecule has 0 saturated heterocycles. The van der Waals surface area contributed by atoms with Crippen molar-refractivity contribution in [3.63, 3.8) is 0 Å². The Kier molecular flexibility index (Phi) is 6.82. The molecule has 1 aromatic heterocycles. The highest BCUT2D eigenvalue weighted by Crippen LogP contribution is 2.34. The number of nitrogens with zero attached hydrogens (tertiary/aromatic N) is 2. The van der Waals surface area contributed by atoms with Crippen molar-refractivity contribution in [2.24, 2.45) is 5.92 Å². The smallest absolute Gasteiger partial charge is 0.254 e. The lowest BCUT2D eigenvalue weighted by Crippen LogP contribution is -2.19. The number of rotatable bonds is 5. The Morgan fingerprint density at radius 3 is 2.77 bits per heavy atom. The first kappa shape index (κ1) is 23.5. The summed E-state index contributed by atoms with van der Waals surface area (Å²) in [6.45, 7) is 2.21. The lowest BCUT2D eigenvalue weighted by Gasteiger charge is -2.17. The number of benzene rings is 2. The minimum atomic E-state index is -0.0998. The molecule has 1 heterocycles. The molecule has 2 aromatic carbocycles. The molecule has 0 saturated carbocycles. The quantitative estimate of drug-likeness (QED) is 0.406. The molecule has 2 aliphatic rings. The van der Waals surface area contributed by atoms with Gasteiger partial charge in [0.2, 0.25) is 5.91 Å². The van der Waals surface area contributed by atoms with Crippen molar-refractivity contribution < 1.29 is 9.90 Å². The van der Waals surface area contributed by atoms with E-state index in [1.807, 2.05) is 42.5 Å². The molecule has 0 radical (unpaired) electrons. The van der Waals surface area contributed by atoms with Crippen LogP contribution in [-0.4, -0.2) is 21.0 Å². The number of fused-ring (bicyclic) bond motifs is 3. The van der Waals surface area contributed by atoms with Crippen molar-refractivity contribution in [1.29, 1.82) is 0 Å². The fourth-order valence-electron chi connectivity index (χ4n) is 4.79. The van der Waals surface area contributed by atoms with E-state index in [4.69, 9.17) is 15.1 Å². The number of carbonyl (C=O) groups excluding carboxylic acids is 1. The number of nitrogens with one attached hydrogen (secondary N) is 1. The van der Waals surface area contributed by atoms with Gasteiger partial charge in [0.15, 0.2) is 5.82 Å². The minimum Gasteiger partial charge on any atom is -0.593 e. The molecule has 0 fully saturated rings. The summed E-state index contributed by atoms with van der Waals surface area (Å²) in [5, 5.41) is 11.1. The van der Waals surface area contributed by atoms with Crippen LogP contribution < -0.4 is 5.32 Å². The Morgan fingerprint density at radius 1 is 1.14 bits per heavy atom. The zero-order valence-electron chi connectivity index (χ0n) is 19.8. The molecular weight excluding hydrogens is 502 g/mol. The molecular formula is C29H29BrN3O2+. The van der Waals surface area contributed by atoms with Crippen LogP contribution in [0.15, 0.2) is 70.7 Å². The van der Waals surface area contributed by atoms with Crippen LogP contribution in [0.25, 0.3) is 11.3 Å². The van der Waals surface area contributed by atoms with Gasteiger partial charge in [-0.2, -0.15) is 0 Å². The van der Waals surface area contributed by atoms with E-state index in [0.29, 0.717) is 23.9 Å². The van der Waals surface area contributed by atoms with Crippen LogP contribution in [0.3, 0.4) is 0 Å². The first-order chi connectivity index (χ1) is 16.9. The first-order valence-electron chi connectivity index (χ1n) is 12.1. The molecule has 0 bridgehead atoms. The second-order valence-electron chi connectivity index (χ2n) is 9.42. The molecule has 178 valence electrons. The number of hydrogen-bond donors (Lipinski definition) is 1. The lowest BCUT2D eigenvalue weighted by molar-refractivity contribution is -0.115. The zero-order valence-corrected chi connectivity index (χ0v) is 21.4. The van der Waals surface area contributed by atoms with Gasteiger partial charge in [-0.15, -0.1) is 0 Å². The summed E-state index contributed by atoms with van der Waals surface area (Å²) in [5.41, 5.74) is 6.90. The van der Waals surface area contributed by atoms with Crippen LogP contribution in [0, 0.1) is 5.92 Å². The number of amides is 1. The summed E-state index contributed by atoms with van der Waals surface area (Å²) < 4.78 is 0.987. The largest absolute Gasteiger partial charge is 0.593 e. The summed E-state index contributed by atoms with van der Waals surface area (Å²) in [6, 6.07) is 13.5. The summed E-state index contributed by atoms with van der Waals surface area (Å²) in [5.74, 6) is 1.45. The lowest BCUT2D eigenvalue weighted by atomic mass is 9.95. The molecule has 3 N–H and O–H groups in total. The Hall–Kier alpha value is -3.25. The van der Waals surface area contributed by atoms with Gasteiger partial charge in [-0.3, -0.25) is 4.79 Å². The molecule has 35 heavy (non-hydrogen) atoms. The highest BCUT2D eigenvalue weighted by atomic mass is 79.9. The van der Waals surface area contributed by atoms with E-state index in [9.17, 15) is 4.79 Å². The third-order valence-corrected chi connectivity index (χ3v) is 7.03. The predicted molar refractivity (Wildman–Crippen MR) is 144 cm³/mol. The van der Waals surface area contributed by atoms with Crippen molar-refractivity contribution in [1.82, 2.24) is 9.97 Å². The van der Waals surface area contributed by atoms with Crippen molar-refractivity contribution in [2.75, 3.05) is 5.32 Å². The van der Waals surface area contributed by atoms with Crippen LogP contribution in [0.4, 0.5) is 5.82 Å². The monoisotopic (exact) mass is 530 g/mol. The molecule has 0 aliphatic heterocycles. The number of aromatic nitrogens is 2. The van der Waals surface area contributed by atoms with Gasteiger partial charge in [0, 0.05) is 28.6 Å². The number of carbonyl (C=O) groups is 1. The maximum atomic E-state index is 13.0. The van der Waals surface area contributed by atoms with Crippen molar-refractivity contribution in [2.45, 2.75) is 45.4 Å². The Balaban J connectivity index is 1.51. The van der Waals surface area contributed by atoms with Gasteiger partial charge in [0.05, 0.1) is 23.5 Å². The van der Waals surface area contributed by atoms with Crippen LogP contribution >= 0.6 is 15.9 Å². The zero-order chi connectivity index (χ0) is 24.4. The SMILES string of the molecule is CC1C=C(Cc2nc3c(nc2NC(=O)Cc2ccc(Br)cc2)CCCc2cc([OH2+])ccc2-3)C=CC1. The van der Waals surface area contributed by atoms with Gasteiger partial charge in [0.25, 0.3) is 5.75 Å². The highest BCUT2D eigenvalue weighted by Gasteiger charge is 2.22. The Bertz CT molecular complexity index is 1330. The van der Waals surface area contributed by atoms with Crippen molar-refractivity contribution in [3.8, 4) is 17.0 Å². The fraction of sp³-hybridized carbons (Fsp3) is 0.276. The molecule has 5 nitrogen and oxygen atoms in total. The summed E-state index contributed by atoms with van der Waals surface area (Å²) in [4.78, 5) is 23.1. The summed E-state index contributed by atoms with van der Waals surface area (Å²) >= 11 is 3.44. The summed E-state index contributed by atoms with van der Waals surface area (Å²) in [7, 11) is 0.